The number of hydrogen-bond acceptors (Lipinski definition) is 6. The smallest absolute Gasteiger partial charge is 0.308 e. The minimum absolute atomic E-state index is 0.110. The van der Waals surface area contributed by atoms with Crippen LogP contribution in [0.4, 0.5) is 0 Å². The van der Waals surface area contributed by atoms with Gasteiger partial charge >= 0.3 is 5.97 Å². The van der Waals surface area contributed by atoms with Gasteiger partial charge in [0.25, 0.3) is 0 Å². The maximum Gasteiger partial charge on any atom is 0.308 e. The number of thiophene rings is 1. The number of rotatable bonds is 4. The zero-order chi connectivity index (χ0) is 23.2. The van der Waals surface area contributed by atoms with E-state index in [1.54, 1.807) is 11.3 Å². The van der Waals surface area contributed by atoms with Crippen molar-refractivity contribution in [3.05, 3.63) is 63.0 Å². The van der Waals surface area contributed by atoms with Crippen LogP contribution >= 0.6 is 11.3 Å². The highest BCUT2D eigenvalue weighted by Gasteiger charge is 2.33. The van der Waals surface area contributed by atoms with Crippen LogP contribution in [-0.4, -0.2) is 32.0 Å². The molecule has 0 unspecified atom stereocenters. The summed E-state index contributed by atoms with van der Waals surface area (Å²) < 4.78 is 7.67. The molecule has 4 rings (SSSR count). The second-order valence-electron chi connectivity index (χ2n) is 9.24. The number of hydrogen-bond donors (Lipinski definition) is 0. The van der Waals surface area contributed by atoms with Gasteiger partial charge < -0.3 is 4.74 Å². The van der Waals surface area contributed by atoms with Crippen LogP contribution < -0.4 is 0 Å². The molecule has 0 saturated heterocycles. The molecule has 3 heterocycles. The molecule has 32 heavy (non-hydrogen) atoms. The van der Waals surface area contributed by atoms with Crippen LogP contribution in [0.3, 0.4) is 0 Å². The molecule has 3 aromatic rings. The van der Waals surface area contributed by atoms with E-state index in [2.05, 4.69) is 59.8 Å². The summed E-state index contributed by atoms with van der Waals surface area (Å²) in [4.78, 5) is 19.1. The van der Waals surface area contributed by atoms with Gasteiger partial charge in [0.15, 0.2) is 5.82 Å². The van der Waals surface area contributed by atoms with Crippen molar-refractivity contribution in [3.63, 3.8) is 0 Å². The standard InChI is InChI=1S/C25H30N4O2S/c1-8-17-9-11-18(12-10-17)22-21-14(2)15(3)32-24(21)29-16(4)27-28-23(29)19(26-22)13-20(30)31-25(5,6)7/h9-12,19H,8,13H2,1-7H3/t19-/m1/s1. The van der Waals surface area contributed by atoms with Crippen molar-refractivity contribution in [2.75, 3.05) is 0 Å². The number of carbonyl (C=O) groups is 1. The summed E-state index contributed by atoms with van der Waals surface area (Å²) in [6.07, 6.45) is 1.09. The van der Waals surface area contributed by atoms with Crippen LogP contribution in [0.25, 0.3) is 5.00 Å². The van der Waals surface area contributed by atoms with Gasteiger partial charge in [0, 0.05) is 16.0 Å². The molecule has 7 heteroatoms. The van der Waals surface area contributed by atoms with E-state index in [0.29, 0.717) is 5.82 Å². The van der Waals surface area contributed by atoms with Crippen LogP contribution in [0.5, 0.6) is 0 Å². The number of fused-ring (bicyclic) bond motifs is 3. The van der Waals surface area contributed by atoms with Gasteiger partial charge in [-0.05, 0) is 59.1 Å². The Bertz CT molecular complexity index is 1200. The summed E-state index contributed by atoms with van der Waals surface area (Å²) in [6, 6.07) is 8.05. The van der Waals surface area contributed by atoms with Gasteiger partial charge in [-0.2, -0.15) is 0 Å². The molecule has 1 atom stereocenters. The lowest BCUT2D eigenvalue weighted by atomic mass is 9.98. The third kappa shape index (κ3) is 4.13. The van der Waals surface area contributed by atoms with Crippen LogP contribution in [-0.2, 0) is 16.0 Å². The molecule has 0 N–H and O–H groups in total. The zero-order valence-electron chi connectivity index (χ0n) is 19.8. The fraction of sp³-hybridized carbons (Fsp3) is 0.440. The first-order chi connectivity index (χ1) is 15.1. The first kappa shape index (κ1) is 22.4. The maximum absolute atomic E-state index is 12.8. The third-order valence-electron chi connectivity index (χ3n) is 5.66. The average molecular weight is 451 g/mol. The third-order valence-corrected chi connectivity index (χ3v) is 6.85. The number of ether oxygens (including phenoxy) is 1. The quantitative estimate of drug-likeness (QED) is 0.496. The molecular weight excluding hydrogens is 420 g/mol. The maximum atomic E-state index is 12.8. The average Bonchev–Trinajstić information content (AvgIpc) is 3.19. The number of aromatic nitrogens is 3. The van der Waals surface area contributed by atoms with Crippen molar-refractivity contribution in [3.8, 4) is 5.00 Å². The number of esters is 1. The highest BCUT2D eigenvalue weighted by molar-refractivity contribution is 7.15. The van der Waals surface area contributed by atoms with Crippen LogP contribution in [0.1, 0.15) is 78.9 Å². The molecule has 168 valence electrons. The van der Waals surface area contributed by atoms with E-state index in [-0.39, 0.29) is 12.4 Å². The van der Waals surface area contributed by atoms with Crippen molar-refractivity contribution < 1.29 is 9.53 Å². The molecule has 0 bridgehead atoms. The van der Waals surface area contributed by atoms with Crippen molar-refractivity contribution >= 4 is 23.0 Å². The zero-order valence-corrected chi connectivity index (χ0v) is 20.6. The largest absolute Gasteiger partial charge is 0.460 e. The van der Waals surface area contributed by atoms with Crippen LogP contribution in [0.15, 0.2) is 29.3 Å². The van der Waals surface area contributed by atoms with E-state index in [4.69, 9.17) is 9.73 Å². The molecule has 1 aromatic carbocycles. The molecular formula is C25H30N4O2S. The molecule has 2 aromatic heterocycles. The predicted octanol–water partition coefficient (Wildman–Crippen LogP) is 5.44. The number of aliphatic imine (C=N–C) groups is 1. The van der Waals surface area contributed by atoms with Crippen molar-refractivity contribution in [1.82, 2.24) is 14.8 Å². The second kappa shape index (κ2) is 8.28. The van der Waals surface area contributed by atoms with E-state index < -0.39 is 11.6 Å². The van der Waals surface area contributed by atoms with Gasteiger partial charge in [-0.1, -0.05) is 31.2 Å². The first-order valence-corrected chi connectivity index (χ1v) is 11.8. The summed E-state index contributed by atoms with van der Waals surface area (Å²) in [5.41, 5.74) is 4.94. The Balaban J connectivity index is 1.90. The van der Waals surface area contributed by atoms with Crippen molar-refractivity contribution in [2.45, 2.75) is 73.0 Å². The van der Waals surface area contributed by atoms with E-state index in [1.165, 1.54) is 16.0 Å². The number of aryl methyl sites for hydroxylation is 3. The van der Waals surface area contributed by atoms with Gasteiger partial charge in [0.2, 0.25) is 0 Å². The Kier molecular flexibility index (Phi) is 5.79. The summed E-state index contributed by atoms with van der Waals surface area (Å²) in [7, 11) is 0. The summed E-state index contributed by atoms with van der Waals surface area (Å²) >= 11 is 1.71. The second-order valence-corrected chi connectivity index (χ2v) is 10.4. The Morgan fingerprint density at radius 1 is 1.12 bits per heavy atom. The molecule has 1 aliphatic heterocycles. The summed E-state index contributed by atoms with van der Waals surface area (Å²) in [6.45, 7) is 14.0. The molecule has 0 amide bonds. The Morgan fingerprint density at radius 2 is 1.81 bits per heavy atom. The van der Waals surface area contributed by atoms with Gasteiger partial charge in [0.05, 0.1) is 12.1 Å². The number of nitrogens with zero attached hydrogens (tertiary/aromatic N) is 4. The van der Waals surface area contributed by atoms with Gasteiger partial charge in [-0.15, -0.1) is 21.5 Å². The molecule has 0 radical (unpaired) electrons. The Morgan fingerprint density at radius 3 is 2.44 bits per heavy atom. The van der Waals surface area contributed by atoms with E-state index >= 15 is 0 Å². The minimum Gasteiger partial charge on any atom is -0.460 e. The van der Waals surface area contributed by atoms with Gasteiger partial charge in [0.1, 0.15) is 22.5 Å². The van der Waals surface area contributed by atoms with Crippen molar-refractivity contribution in [1.29, 1.82) is 0 Å². The lowest BCUT2D eigenvalue weighted by molar-refractivity contribution is -0.155. The topological polar surface area (TPSA) is 69.4 Å². The highest BCUT2D eigenvalue weighted by atomic mass is 32.1. The van der Waals surface area contributed by atoms with Crippen LogP contribution in [0, 0.1) is 20.8 Å². The van der Waals surface area contributed by atoms with Gasteiger partial charge in [-0.3, -0.25) is 14.4 Å². The van der Waals surface area contributed by atoms with E-state index in [9.17, 15) is 4.79 Å². The van der Waals surface area contributed by atoms with Gasteiger partial charge in [-0.25, -0.2) is 0 Å². The van der Waals surface area contributed by atoms with E-state index in [1.807, 2.05) is 27.7 Å². The van der Waals surface area contributed by atoms with Crippen molar-refractivity contribution in [2.24, 2.45) is 4.99 Å². The van der Waals surface area contributed by atoms with E-state index in [0.717, 1.165) is 34.1 Å². The molecule has 0 aliphatic carbocycles. The molecule has 1 aliphatic rings. The minimum atomic E-state index is -0.555. The normalized spacial score (nSPS) is 15.6. The summed E-state index contributed by atoms with van der Waals surface area (Å²) in [5.74, 6) is 1.17. The summed E-state index contributed by atoms with van der Waals surface area (Å²) in [5, 5.41) is 9.83. The predicted molar refractivity (Wildman–Crippen MR) is 128 cm³/mol. The SMILES string of the molecule is CCc1ccc(C2=N[C@H](CC(=O)OC(C)(C)C)c3nnc(C)n3-c3sc(C)c(C)c32)cc1. The monoisotopic (exact) mass is 450 g/mol. The fourth-order valence-corrected chi connectivity index (χ4v) is 5.18. The number of carbonyl (C=O) groups excluding carboxylic acids is 1. The lowest BCUT2D eigenvalue weighted by Gasteiger charge is -2.21. The Hall–Kier alpha value is -2.80. The Labute approximate surface area is 193 Å². The number of benzene rings is 1. The molecule has 0 fully saturated rings. The molecule has 0 spiro atoms. The lowest BCUT2D eigenvalue weighted by Crippen LogP contribution is -2.25. The first-order valence-electron chi connectivity index (χ1n) is 11.0. The molecule has 6 nitrogen and oxygen atoms in total. The fourth-order valence-electron chi connectivity index (χ4n) is 3.96. The highest BCUT2D eigenvalue weighted by Crippen LogP contribution is 2.39. The van der Waals surface area contributed by atoms with Crippen LogP contribution in [0.2, 0.25) is 0 Å². The molecule has 0 saturated carbocycles.